The fraction of sp³-hybridized carbons (Fsp3) is 0.222. The highest BCUT2D eigenvalue weighted by Crippen LogP contribution is 2.34. The van der Waals surface area contributed by atoms with Crippen molar-refractivity contribution in [2.75, 3.05) is 11.3 Å². The lowest BCUT2D eigenvalue weighted by Gasteiger charge is -2.20. The van der Waals surface area contributed by atoms with Gasteiger partial charge in [0.25, 0.3) is 0 Å². The molecule has 9 heteroatoms. The van der Waals surface area contributed by atoms with Gasteiger partial charge in [0, 0.05) is 24.1 Å². The Balaban J connectivity index is 1.46. The Hall–Kier alpha value is -1.87. The summed E-state index contributed by atoms with van der Waals surface area (Å²) in [6, 6.07) is 9.08. The van der Waals surface area contributed by atoms with E-state index in [0.717, 1.165) is 37.0 Å². The van der Waals surface area contributed by atoms with E-state index in [1.165, 1.54) is 35.1 Å². The number of halogens is 2. The number of benzene rings is 2. The summed E-state index contributed by atoms with van der Waals surface area (Å²) in [6.07, 6.45) is 2.44. The normalized spacial score (nSPS) is 13.3. The summed E-state index contributed by atoms with van der Waals surface area (Å²) in [4.78, 5) is 4.35. The number of aromatic nitrogens is 2. The smallest absolute Gasteiger partial charge is 0.212 e. The zero-order valence-electron chi connectivity index (χ0n) is 14.2. The number of hydrogen-bond donors (Lipinski definition) is 2. The predicted octanol–water partition coefficient (Wildman–Crippen LogP) is 4.67. The molecule has 2 heterocycles. The summed E-state index contributed by atoms with van der Waals surface area (Å²) >= 11 is 8.59. The summed E-state index contributed by atoms with van der Waals surface area (Å²) in [5.41, 5.74) is 3.68. The first-order valence-corrected chi connectivity index (χ1v) is 10.3. The van der Waals surface area contributed by atoms with Crippen molar-refractivity contribution < 1.29 is 9.13 Å². The molecule has 0 amide bonds. The van der Waals surface area contributed by atoms with E-state index < -0.39 is 5.82 Å². The fourth-order valence-corrected chi connectivity index (χ4v) is 4.32. The second-order valence-electron chi connectivity index (χ2n) is 5.93. The second kappa shape index (κ2) is 8.43. The lowest BCUT2D eigenvalue weighted by Crippen LogP contribution is -2.25. The first kappa shape index (κ1) is 18.5. The van der Waals surface area contributed by atoms with Gasteiger partial charge in [-0.3, -0.25) is 0 Å². The monoisotopic (exact) mass is 422 g/mol. The molecule has 1 aromatic heterocycles. The highest BCUT2D eigenvalue weighted by Gasteiger charge is 2.15. The molecule has 1 aliphatic heterocycles. The van der Waals surface area contributed by atoms with E-state index in [0.29, 0.717) is 27.4 Å². The first-order chi connectivity index (χ1) is 13.2. The Morgan fingerprint density at radius 1 is 1.37 bits per heavy atom. The van der Waals surface area contributed by atoms with Crippen molar-refractivity contribution in [1.29, 1.82) is 0 Å². The molecule has 0 saturated heterocycles. The van der Waals surface area contributed by atoms with Gasteiger partial charge in [0.1, 0.15) is 24.5 Å². The molecule has 27 heavy (non-hydrogen) atoms. The number of nitrogens with zero attached hydrogens (tertiary/aromatic N) is 2. The quantitative estimate of drug-likeness (QED) is 0.563. The van der Waals surface area contributed by atoms with Gasteiger partial charge >= 0.3 is 0 Å². The van der Waals surface area contributed by atoms with E-state index in [4.69, 9.17) is 16.3 Å². The van der Waals surface area contributed by atoms with Gasteiger partial charge < -0.3 is 14.8 Å². The van der Waals surface area contributed by atoms with E-state index in [1.54, 1.807) is 6.07 Å². The molecular formula is C18H16ClFN4OS2. The molecule has 3 aromatic rings. The molecule has 0 unspecified atom stereocenters. The summed E-state index contributed by atoms with van der Waals surface area (Å²) in [5, 5.41) is 4.33. The SMILES string of the molecule is Fc1cc(OCc2cccc3c2CNCC3)c(Cl)cc1SNc1ncns1. The molecule has 2 aromatic carbocycles. The van der Waals surface area contributed by atoms with Gasteiger partial charge in [-0.25, -0.2) is 9.37 Å². The Kier molecular flexibility index (Phi) is 5.77. The first-order valence-electron chi connectivity index (χ1n) is 8.32. The maximum atomic E-state index is 14.4. The molecule has 140 valence electrons. The maximum Gasteiger partial charge on any atom is 0.212 e. The molecule has 0 saturated carbocycles. The van der Waals surface area contributed by atoms with Gasteiger partial charge in [0.2, 0.25) is 5.13 Å². The molecule has 0 spiro atoms. The van der Waals surface area contributed by atoms with Crippen molar-refractivity contribution in [3.8, 4) is 5.75 Å². The number of fused-ring (bicyclic) bond motifs is 1. The van der Waals surface area contributed by atoms with Crippen LogP contribution in [0.15, 0.2) is 41.6 Å². The topological polar surface area (TPSA) is 59.1 Å². The Morgan fingerprint density at radius 2 is 2.30 bits per heavy atom. The van der Waals surface area contributed by atoms with Crippen LogP contribution in [-0.2, 0) is 19.6 Å². The zero-order chi connectivity index (χ0) is 18.6. The van der Waals surface area contributed by atoms with Crippen molar-refractivity contribution in [3.05, 3.63) is 64.2 Å². The van der Waals surface area contributed by atoms with E-state index in [9.17, 15) is 4.39 Å². The Labute approximate surface area is 169 Å². The van der Waals surface area contributed by atoms with Crippen LogP contribution in [0.25, 0.3) is 0 Å². The third-order valence-corrected chi connectivity index (χ3v) is 6.05. The van der Waals surface area contributed by atoms with Crippen LogP contribution in [0.2, 0.25) is 5.02 Å². The average molecular weight is 423 g/mol. The molecule has 4 rings (SSSR count). The number of ether oxygens (including phenoxy) is 1. The molecule has 0 atom stereocenters. The number of nitrogens with one attached hydrogen (secondary N) is 2. The Morgan fingerprint density at radius 3 is 3.15 bits per heavy atom. The van der Waals surface area contributed by atoms with Crippen LogP contribution < -0.4 is 14.8 Å². The molecule has 0 aliphatic carbocycles. The summed E-state index contributed by atoms with van der Waals surface area (Å²) in [7, 11) is 0. The lowest BCUT2D eigenvalue weighted by molar-refractivity contribution is 0.302. The van der Waals surface area contributed by atoms with Crippen LogP contribution in [0.5, 0.6) is 5.75 Å². The Bertz CT molecular complexity index is 939. The highest BCUT2D eigenvalue weighted by atomic mass is 35.5. The number of rotatable bonds is 6. The molecule has 2 N–H and O–H groups in total. The highest BCUT2D eigenvalue weighted by molar-refractivity contribution is 8.00. The van der Waals surface area contributed by atoms with Gasteiger partial charge in [-0.2, -0.15) is 4.37 Å². The van der Waals surface area contributed by atoms with Gasteiger partial charge in [-0.05, 0) is 47.7 Å². The minimum atomic E-state index is -0.409. The lowest BCUT2D eigenvalue weighted by atomic mass is 9.96. The molecule has 0 fully saturated rings. The van der Waals surface area contributed by atoms with Gasteiger partial charge in [0.05, 0.1) is 9.92 Å². The molecule has 1 aliphatic rings. The third kappa shape index (κ3) is 4.35. The predicted molar refractivity (Wildman–Crippen MR) is 107 cm³/mol. The average Bonchev–Trinajstić information content (AvgIpc) is 3.21. The van der Waals surface area contributed by atoms with E-state index in [-0.39, 0.29) is 0 Å². The molecule has 0 radical (unpaired) electrons. The second-order valence-corrected chi connectivity index (χ2v) is 7.97. The minimum absolute atomic E-state index is 0.329. The summed E-state index contributed by atoms with van der Waals surface area (Å²) < 4.78 is 27.1. The van der Waals surface area contributed by atoms with Crippen molar-refractivity contribution >= 4 is 40.2 Å². The van der Waals surface area contributed by atoms with Crippen molar-refractivity contribution in [2.24, 2.45) is 0 Å². The van der Waals surface area contributed by atoms with Gasteiger partial charge in [0.15, 0.2) is 0 Å². The molecule has 0 bridgehead atoms. The van der Waals surface area contributed by atoms with Gasteiger partial charge in [-0.15, -0.1) is 0 Å². The number of hydrogen-bond acceptors (Lipinski definition) is 7. The van der Waals surface area contributed by atoms with Crippen LogP contribution in [0, 0.1) is 5.82 Å². The van der Waals surface area contributed by atoms with Gasteiger partial charge in [-0.1, -0.05) is 29.8 Å². The minimum Gasteiger partial charge on any atom is -0.487 e. The van der Waals surface area contributed by atoms with Crippen LogP contribution in [0.3, 0.4) is 0 Å². The van der Waals surface area contributed by atoms with Crippen LogP contribution >= 0.6 is 35.1 Å². The van der Waals surface area contributed by atoms with Crippen molar-refractivity contribution in [1.82, 2.24) is 14.7 Å². The zero-order valence-corrected chi connectivity index (χ0v) is 16.6. The molecule has 5 nitrogen and oxygen atoms in total. The summed E-state index contributed by atoms with van der Waals surface area (Å²) in [5.74, 6) is -0.0797. The van der Waals surface area contributed by atoms with Crippen LogP contribution in [0.4, 0.5) is 9.52 Å². The largest absolute Gasteiger partial charge is 0.487 e. The fourth-order valence-electron chi connectivity index (χ4n) is 2.89. The number of anilines is 1. The van der Waals surface area contributed by atoms with Crippen LogP contribution in [-0.4, -0.2) is 15.9 Å². The van der Waals surface area contributed by atoms with E-state index in [1.807, 2.05) is 12.1 Å². The standard InChI is InChI=1S/C18H16ClFN4OS2/c19-14-6-17(26-24-18-22-10-23-27-18)15(20)7-16(14)25-9-12-3-1-2-11-4-5-21-8-13(11)12/h1-3,6-7,10,21H,4-5,8-9H2,(H,22,23,24). The van der Waals surface area contributed by atoms with E-state index in [2.05, 4.69) is 25.5 Å². The third-order valence-electron chi connectivity index (χ3n) is 4.22. The summed E-state index contributed by atoms with van der Waals surface area (Å²) in [6.45, 7) is 2.15. The van der Waals surface area contributed by atoms with Crippen molar-refractivity contribution in [2.45, 2.75) is 24.5 Å². The molecular weight excluding hydrogens is 407 g/mol. The van der Waals surface area contributed by atoms with Crippen molar-refractivity contribution in [3.63, 3.8) is 0 Å². The van der Waals surface area contributed by atoms with E-state index >= 15 is 0 Å². The maximum absolute atomic E-state index is 14.4. The van der Waals surface area contributed by atoms with Crippen LogP contribution in [0.1, 0.15) is 16.7 Å².